The van der Waals surface area contributed by atoms with Crippen molar-refractivity contribution in [3.8, 4) is 0 Å². The zero-order valence-corrected chi connectivity index (χ0v) is 10.7. The standard InChI is InChI=1S/C12H10BrFN2O/c1-16-6-5-15-11(16)7-10(17)12-8(13)3-2-4-9(12)14/h2-6H,7H2,1H3. The maximum absolute atomic E-state index is 13.6. The fourth-order valence-corrected chi connectivity index (χ4v) is 2.13. The summed E-state index contributed by atoms with van der Waals surface area (Å²) in [7, 11) is 1.80. The lowest BCUT2D eigenvalue weighted by Crippen LogP contribution is -2.10. The molecule has 0 bridgehead atoms. The number of nitrogens with zero attached hydrogens (tertiary/aromatic N) is 2. The first-order chi connectivity index (χ1) is 8.09. The normalized spacial score (nSPS) is 10.5. The van der Waals surface area contributed by atoms with Gasteiger partial charge in [0.15, 0.2) is 5.78 Å². The van der Waals surface area contributed by atoms with Crippen molar-refractivity contribution in [2.45, 2.75) is 6.42 Å². The molecule has 0 N–H and O–H groups in total. The molecular weight excluding hydrogens is 287 g/mol. The van der Waals surface area contributed by atoms with E-state index in [4.69, 9.17) is 0 Å². The van der Waals surface area contributed by atoms with Crippen LogP contribution in [-0.2, 0) is 13.5 Å². The van der Waals surface area contributed by atoms with Crippen molar-refractivity contribution >= 4 is 21.7 Å². The Morgan fingerprint density at radius 1 is 1.53 bits per heavy atom. The summed E-state index contributed by atoms with van der Waals surface area (Å²) in [6, 6.07) is 4.47. The Labute approximate surface area is 106 Å². The number of aromatic nitrogens is 2. The van der Waals surface area contributed by atoms with E-state index >= 15 is 0 Å². The predicted octanol–water partition coefficient (Wildman–Crippen LogP) is 2.75. The van der Waals surface area contributed by atoms with Crippen molar-refractivity contribution in [1.82, 2.24) is 9.55 Å². The lowest BCUT2D eigenvalue weighted by Gasteiger charge is -2.05. The average molecular weight is 297 g/mol. The molecule has 88 valence electrons. The zero-order chi connectivity index (χ0) is 12.4. The molecule has 1 aromatic heterocycles. The van der Waals surface area contributed by atoms with Crippen LogP contribution in [0.5, 0.6) is 0 Å². The maximum Gasteiger partial charge on any atom is 0.174 e. The number of hydrogen-bond acceptors (Lipinski definition) is 2. The maximum atomic E-state index is 13.6. The molecule has 17 heavy (non-hydrogen) atoms. The molecule has 3 nitrogen and oxygen atoms in total. The van der Waals surface area contributed by atoms with Crippen molar-refractivity contribution in [2.24, 2.45) is 7.05 Å². The van der Waals surface area contributed by atoms with Crippen LogP contribution in [0.25, 0.3) is 0 Å². The van der Waals surface area contributed by atoms with Gasteiger partial charge in [-0.2, -0.15) is 0 Å². The number of hydrogen-bond donors (Lipinski definition) is 0. The molecule has 0 fully saturated rings. The summed E-state index contributed by atoms with van der Waals surface area (Å²) < 4.78 is 15.8. The van der Waals surface area contributed by atoms with Crippen LogP contribution in [0.4, 0.5) is 4.39 Å². The van der Waals surface area contributed by atoms with E-state index in [9.17, 15) is 9.18 Å². The van der Waals surface area contributed by atoms with E-state index in [2.05, 4.69) is 20.9 Å². The molecular formula is C12H10BrFN2O. The predicted molar refractivity (Wildman–Crippen MR) is 65.3 cm³/mol. The molecule has 0 amide bonds. The van der Waals surface area contributed by atoms with E-state index in [0.29, 0.717) is 10.3 Å². The topological polar surface area (TPSA) is 34.9 Å². The van der Waals surface area contributed by atoms with Crippen molar-refractivity contribution in [1.29, 1.82) is 0 Å². The highest BCUT2D eigenvalue weighted by atomic mass is 79.9. The fraction of sp³-hybridized carbons (Fsp3) is 0.167. The van der Waals surface area contributed by atoms with E-state index in [0.717, 1.165) is 0 Å². The van der Waals surface area contributed by atoms with Crippen molar-refractivity contribution < 1.29 is 9.18 Å². The van der Waals surface area contributed by atoms with Crippen LogP contribution in [0.3, 0.4) is 0 Å². The zero-order valence-electron chi connectivity index (χ0n) is 9.15. The number of rotatable bonds is 3. The Morgan fingerprint density at radius 3 is 2.88 bits per heavy atom. The minimum Gasteiger partial charge on any atom is -0.338 e. The van der Waals surface area contributed by atoms with E-state index in [1.165, 1.54) is 6.07 Å². The number of ketones is 1. The number of halogens is 2. The summed E-state index contributed by atoms with van der Waals surface area (Å²) in [6.07, 6.45) is 3.45. The van der Waals surface area contributed by atoms with Gasteiger partial charge in [-0.3, -0.25) is 4.79 Å². The molecule has 0 aliphatic rings. The molecule has 0 spiro atoms. The Kier molecular flexibility index (Phi) is 3.38. The largest absolute Gasteiger partial charge is 0.338 e. The molecule has 0 aliphatic heterocycles. The number of carbonyl (C=O) groups excluding carboxylic acids is 1. The number of carbonyl (C=O) groups is 1. The van der Waals surface area contributed by atoms with Crippen LogP contribution in [-0.4, -0.2) is 15.3 Å². The molecule has 0 saturated carbocycles. The lowest BCUT2D eigenvalue weighted by molar-refractivity contribution is 0.0985. The molecule has 1 aromatic carbocycles. The van der Waals surface area contributed by atoms with Crippen LogP contribution < -0.4 is 0 Å². The first-order valence-electron chi connectivity index (χ1n) is 5.03. The Balaban J connectivity index is 2.30. The molecule has 0 saturated heterocycles. The monoisotopic (exact) mass is 296 g/mol. The second kappa shape index (κ2) is 4.79. The highest BCUT2D eigenvalue weighted by Crippen LogP contribution is 2.21. The van der Waals surface area contributed by atoms with Crippen LogP contribution in [0.2, 0.25) is 0 Å². The third-order valence-corrected chi connectivity index (χ3v) is 3.14. The van der Waals surface area contributed by atoms with Gasteiger partial charge in [0.2, 0.25) is 0 Å². The average Bonchev–Trinajstić information content (AvgIpc) is 2.64. The highest BCUT2D eigenvalue weighted by molar-refractivity contribution is 9.10. The second-order valence-corrected chi connectivity index (χ2v) is 4.51. The molecule has 0 aliphatic carbocycles. The lowest BCUT2D eigenvalue weighted by atomic mass is 10.1. The Hall–Kier alpha value is -1.49. The van der Waals surface area contributed by atoms with Gasteiger partial charge in [-0.05, 0) is 28.1 Å². The van der Waals surface area contributed by atoms with Crippen molar-refractivity contribution in [3.05, 3.63) is 52.3 Å². The van der Waals surface area contributed by atoms with Gasteiger partial charge in [-0.1, -0.05) is 6.07 Å². The smallest absolute Gasteiger partial charge is 0.174 e. The van der Waals surface area contributed by atoms with Gasteiger partial charge in [-0.15, -0.1) is 0 Å². The van der Waals surface area contributed by atoms with Gasteiger partial charge >= 0.3 is 0 Å². The van der Waals surface area contributed by atoms with Gasteiger partial charge in [0.05, 0.1) is 12.0 Å². The van der Waals surface area contributed by atoms with Gasteiger partial charge in [0.1, 0.15) is 11.6 Å². The molecule has 0 atom stereocenters. The third kappa shape index (κ3) is 2.44. The number of benzene rings is 1. The van der Waals surface area contributed by atoms with Gasteiger partial charge in [-0.25, -0.2) is 9.37 Å². The first-order valence-corrected chi connectivity index (χ1v) is 5.82. The van der Waals surface area contributed by atoms with Crippen molar-refractivity contribution in [3.63, 3.8) is 0 Å². The molecule has 1 heterocycles. The summed E-state index contributed by atoms with van der Waals surface area (Å²) >= 11 is 3.18. The summed E-state index contributed by atoms with van der Waals surface area (Å²) in [5, 5.41) is 0. The summed E-state index contributed by atoms with van der Waals surface area (Å²) in [5.41, 5.74) is 0.0792. The van der Waals surface area contributed by atoms with Crippen LogP contribution >= 0.6 is 15.9 Å². The summed E-state index contributed by atoms with van der Waals surface area (Å²) in [6.45, 7) is 0. The van der Waals surface area contributed by atoms with E-state index in [1.807, 2.05) is 0 Å². The molecule has 5 heteroatoms. The molecule has 2 rings (SSSR count). The fourth-order valence-electron chi connectivity index (χ4n) is 1.56. The SMILES string of the molecule is Cn1ccnc1CC(=O)c1c(F)cccc1Br. The quantitative estimate of drug-likeness (QED) is 0.817. The number of imidazole rings is 1. The third-order valence-electron chi connectivity index (χ3n) is 2.48. The molecule has 0 radical (unpaired) electrons. The summed E-state index contributed by atoms with van der Waals surface area (Å²) in [5.74, 6) is -0.187. The van der Waals surface area contributed by atoms with E-state index in [1.54, 1.807) is 36.1 Å². The van der Waals surface area contributed by atoms with Gasteiger partial charge in [0, 0.05) is 23.9 Å². The Morgan fingerprint density at radius 2 is 2.29 bits per heavy atom. The number of Topliss-reactive ketones (excluding diaryl/α,β-unsaturated/α-hetero) is 1. The minimum absolute atomic E-state index is 0.0792. The van der Waals surface area contributed by atoms with E-state index < -0.39 is 5.82 Å². The van der Waals surface area contributed by atoms with Crippen LogP contribution in [0, 0.1) is 5.82 Å². The second-order valence-electron chi connectivity index (χ2n) is 3.65. The molecule has 2 aromatic rings. The van der Waals surface area contributed by atoms with Gasteiger partial charge in [0.25, 0.3) is 0 Å². The van der Waals surface area contributed by atoms with Crippen molar-refractivity contribution in [2.75, 3.05) is 0 Å². The van der Waals surface area contributed by atoms with Crippen LogP contribution in [0.15, 0.2) is 35.1 Å². The summed E-state index contributed by atoms with van der Waals surface area (Å²) in [4.78, 5) is 16.0. The Bertz CT molecular complexity index is 545. The molecule has 0 unspecified atom stereocenters. The minimum atomic E-state index is -0.515. The highest BCUT2D eigenvalue weighted by Gasteiger charge is 2.17. The van der Waals surface area contributed by atoms with Crippen LogP contribution in [0.1, 0.15) is 16.2 Å². The van der Waals surface area contributed by atoms with Gasteiger partial charge < -0.3 is 4.57 Å². The van der Waals surface area contributed by atoms with E-state index in [-0.39, 0.29) is 17.8 Å². The number of aryl methyl sites for hydroxylation is 1. The first kappa shape index (κ1) is 12.0.